The van der Waals surface area contributed by atoms with Crippen LogP contribution in [0.25, 0.3) is 0 Å². The molecule has 0 aromatic carbocycles. The van der Waals surface area contributed by atoms with Crippen molar-refractivity contribution < 1.29 is 0 Å². The Kier molecular flexibility index (Phi) is 5.31. The zero-order valence-corrected chi connectivity index (χ0v) is 13.8. The number of pyridine rings is 1. The van der Waals surface area contributed by atoms with Crippen molar-refractivity contribution in [2.24, 2.45) is 0 Å². The van der Waals surface area contributed by atoms with Crippen LogP contribution in [0.5, 0.6) is 0 Å². The maximum absolute atomic E-state index is 4.61. The van der Waals surface area contributed by atoms with Crippen LogP contribution in [0, 0.1) is 0 Å². The molecular weight excluding hydrogens is 316 g/mol. The van der Waals surface area contributed by atoms with E-state index in [2.05, 4.69) is 56.8 Å². The van der Waals surface area contributed by atoms with Crippen LogP contribution in [0.1, 0.15) is 43.9 Å². The Labute approximate surface area is 128 Å². The molecule has 1 atom stereocenters. The van der Waals surface area contributed by atoms with E-state index in [1.165, 1.54) is 5.69 Å². The van der Waals surface area contributed by atoms with Crippen LogP contribution in [0.15, 0.2) is 28.9 Å². The molecule has 2 aromatic heterocycles. The summed E-state index contributed by atoms with van der Waals surface area (Å²) < 4.78 is 3.18. The molecule has 0 amide bonds. The molecule has 5 heteroatoms. The molecule has 20 heavy (non-hydrogen) atoms. The highest BCUT2D eigenvalue weighted by atomic mass is 79.9. The number of hydrogen-bond acceptors (Lipinski definition) is 3. The van der Waals surface area contributed by atoms with Crippen molar-refractivity contribution in [3.63, 3.8) is 0 Å². The first-order valence-corrected chi connectivity index (χ1v) is 7.85. The summed E-state index contributed by atoms with van der Waals surface area (Å²) in [5, 5.41) is 8.13. The maximum atomic E-state index is 4.61. The molecule has 0 radical (unpaired) electrons. The Morgan fingerprint density at radius 3 is 2.75 bits per heavy atom. The molecule has 2 heterocycles. The second-order valence-electron chi connectivity index (χ2n) is 4.73. The Bertz CT molecular complexity index is 551. The van der Waals surface area contributed by atoms with E-state index in [1.54, 1.807) is 0 Å². The van der Waals surface area contributed by atoms with E-state index in [4.69, 9.17) is 0 Å². The summed E-state index contributed by atoms with van der Waals surface area (Å²) >= 11 is 3.67. The van der Waals surface area contributed by atoms with Crippen molar-refractivity contribution >= 4 is 15.9 Å². The number of aromatic nitrogens is 3. The summed E-state index contributed by atoms with van der Waals surface area (Å²) in [6, 6.07) is 6.21. The first-order valence-electron chi connectivity index (χ1n) is 7.05. The fraction of sp³-hybridized carbons (Fsp3) is 0.467. The van der Waals surface area contributed by atoms with Crippen molar-refractivity contribution in [2.75, 3.05) is 0 Å². The van der Waals surface area contributed by atoms with Crippen LogP contribution in [-0.2, 0) is 19.5 Å². The predicted molar refractivity (Wildman–Crippen MR) is 84.5 cm³/mol. The highest BCUT2D eigenvalue weighted by Gasteiger charge is 2.15. The molecule has 0 aliphatic rings. The van der Waals surface area contributed by atoms with Gasteiger partial charge in [-0.1, -0.05) is 13.0 Å². The Balaban J connectivity index is 2.09. The second-order valence-corrected chi connectivity index (χ2v) is 5.53. The number of rotatable bonds is 6. The number of halogens is 1. The van der Waals surface area contributed by atoms with E-state index in [1.807, 2.05) is 24.4 Å². The molecule has 0 fully saturated rings. The average molecular weight is 337 g/mol. The van der Waals surface area contributed by atoms with E-state index < -0.39 is 0 Å². The quantitative estimate of drug-likeness (QED) is 0.878. The zero-order chi connectivity index (χ0) is 14.5. The minimum atomic E-state index is 0.216. The molecule has 108 valence electrons. The number of nitrogens with one attached hydrogen (secondary N) is 1. The van der Waals surface area contributed by atoms with Gasteiger partial charge in [-0.2, -0.15) is 5.10 Å². The third kappa shape index (κ3) is 3.27. The van der Waals surface area contributed by atoms with Gasteiger partial charge in [-0.05, 0) is 48.3 Å². The summed E-state index contributed by atoms with van der Waals surface area (Å²) in [6.45, 7) is 8.03. The van der Waals surface area contributed by atoms with Gasteiger partial charge >= 0.3 is 0 Å². The van der Waals surface area contributed by atoms with Gasteiger partial charge < -0.3 is 5.32 Å². The van der Waals surface area contributed by atoms with Crippen LogP contribution in [0.4, 0.5) is 0 Å². The van der Waals surface area contributed by atoms with Gasteiger partial charge in [-0.15, -0.1) is 0 Å². The number of nitrogens with zero attached hydrogens (tertiary/aromatic N) is 3. The second kappa shape index (κ2) is 6.99. The smallest absolute Gasteiger partial charge is 0.0767 e. The summed E-state index contributed by atoms with van der Waals surface area (Å²) in [7, 11) is 0. The number of aryl methyl sites for hydroxylation is 2. The summed E-state index contributed by atoms with van der Waals surface area (Å²) in [5.41, 5.74) is 3.38. The lowest BCUT2D eigenvalue weighted by Crippen LogP contribution is -2.21. The molecule has 2 aromatic rings. The Morgan fingerprint density at radius 1 is 1.35 bits per heavy atom. The standard InChI is InChI=1S/C15H21BrN4/c1-4-12-15(16)14(20(5-2)19-12)10-18-11(3)13-8-6-7-9-17-13/h6-9,11,18H,4-5,10H2,1-3H3/t11-/m0/s1. The minimum absolute atomic E-state index is 0.216. The van der Waals surface area contributed by atoms with Gasteiger partial charge in [0.15, 0.2) is 0 Å². The normalized spacial score (nSPS) is 12.6. The molecule has 0 saturated heterocycles. The van der Waals surface area contributed by atoms with Crippen molar-refractivity contribution in [3.05, 3.63) is 46.0 Å². The van der Waals surface area contributed by atoms with Crippen molar-refractivity contribution in [1.82, 2.24) is 20.1 Å². The summed E-state index contributed by atoms with van der Waals surface area (Å²) in [6.07, 6.45) is 2.77. The van der Waals surface area contributed by atoms with Gasteiger partial charge in [0.25, 0.3) is 0 Å². The van der Waals surface area contributed by atoms with Gasteiger partial charge in [-0.25, -0.2) is 0 Å². The van der Waals surface area contributed by atoms with Crippen molar-refractivity contribution in [1.29, 1.82) is 0 Å². The molecule has 0 aliphatic carbocycles. The largest absolute Gasteiger partial charge is 0.303 e. The lowest BCUT2D eigenvalue weighted by molar-refractivity contribution is 0.522. The monoisotopic (exact) mass is 336 g/mol. The first-order chi connectivity index (χ1) is 9.67. The third-order valence-corrected chi connectivity index (χ3v) is 4.32. The van der Waals surface area contributed by atoms with Gasteiger partial charge in [0.2, 0.25) is 0 Å². The van der Waals surface area contributed by atoms with E-state index in [0.29, 0.717) is 0 Å². The highest BCUT2D eigenvalue weighted by molar-refractivity contribution is 9.10. The minimum Gasteiger partial charge on any atom is -0.303 e. The van der Waals surface area contributed by atoms with E-state index in [0.717, 1.165) is 35.4 Å². The maximum Gasteiger partial charge on any atom is 0.0767 e. The molecule has 0 spiro atoms. The molecule has 2 rings (SSSR count). The van der Waals surface area contributed by atoms with Gasteiger partial charge in [0.1, 0.15) is 0 Å². The lowest BCUT2D eigenvalue weighted by atomic mass is 10.2. The predicted octanol–water partition coefficient (Wildman–Crippen LogP) is 3.47. The topological polar surface area (TPSA) is 42.7 Å². The third-order valence-electron chi connectivity index (χ3n) is 3.40. The summed E-state index contributed by atoms with van der Waals surface area (Å²) in [5.74, 6) is 0. The molecular formula is C15H21BrN4. The molecule has 0 unspecified atom stereocenters. The van der Waals surface area contributed by atoms with Crippen LogP contribution in [0.2, 0.25) is 0 Å². The van der Waals surface area contributed by atoms with Gasteiger partial charge in [0, 0.05) is 25.3 Å². The first kappa shape index (κ1) is 15.2. The van der Waals surface area contributed by atoms with Crippen molar-refractivity contribution in [3.8, 4) is 0 Å². The molecule has 0 bridgehead atoms. The fourth-order valence-electron chi connectivity index (χ4n) is 2.17. The highest BCUT2D eigenvalue weighted by Crippen LogP contribution is 2.23. The zero-order valence-electron chi connectivity index (χ0n) is 12.2. The Hall–Kier alpha value is -1.20. The van der Waals surface area contributed by atoms with Crippen LogP contribution >= 0.6 is 15.9 Å². The van der Waals surface area contributed by atoms with Crippen LogP contribution < -0.4 is 5.32 Å². The van der Waals surface area contributed by atoms with E-state index in [-0.39, 0.29) is 6.04 Å². The molecule has 1 N–H and O–H groups in total. The van der Waals surface area contributed by atoms with E-state index in [9.17, 15) is 0 Å². The SMILES string of the molecule is CCc1nn(CC)c(CN[C@@H](C)c2ccccn2)c1Br. The van der Waals surface area contributed by atoms with Crippen LogP contribution in [-0.4, -0.2) is 14.8 Å². The lowest BCUT2D eigenvalue weighted by Gasteiger charge is -2.14. The summed E-state index contributed by atoms with van der Waals surface area (Å²) in [4.78, 5) is 4.38. The molecule has 0 saturated carbocycles. The average Bonchev–Trinajstić information content (AvgIpc) is 2.81. The number of hydrogen-bond donors (Lipinski definition) is 1. The van der Waals surface area contributed by atoms with Gasteiger partial charge in [-0.3, -0.25) is 9.67 Å². The van der Waals surface area contributed by atoms with E-state index >= 15 is 0 Å². The van der Waals surface area contributed by atoms with Crippen LogP contribution in [0.3, 0.4) is 0 Å². The fourth-order valence-corrected chi connectivity index (χ4v) is 2.88. The molecule has 0 aliphatic heterocycles. The molecule has 4 nitrogen and oxygen atoms in total. The van der Waals surface area contributed by atoms with Crippen molar-refractivity contribution in [2.45, 2.75) is 46.3 Å². The van der Waals surface area contributed by atoms with Gasteiger partial charge in [0.05, 0.1) is 21.6 Å². The Morgan fingerprint density at radius 2 is 2.15 bits per heavy atom.